The molecule has 2 aliphatic carbocycles. The number of hydrogen-bond donors (Lipinski definition) is 17. The minimum Gasteiger partial charge on any atom is -0.390 e. The van der Waals surface area contributed by atoms with E-state index < -0.39 is 128 Å². The van der Waals surface area contributed by atoms with Crippen LogP contribution in [-0.2, 0) is 28.4 Å². The van der Waals surface area contributed by atoms with E-state index in [0.717, 1.165) is 12.8 Å². The summed E-state index contributed by atoms with van der Waals surface area (Å²) in [5.74, 6) is 0. The van der Waals surface area contributed by atoms with E-state index in [4.69, 9.17) is 74.3 Å². The lowest BCUT2D eigenvalue weighted by molar-refractivity contribution is -0.291. The van der Waals surface area contributed by atoms with Gasteiger partial charge in [0.05, 0.1) is 61.9 Å². The van der Waals surface area contributed by atoms with E-state index in [-0.39, 0.29) is 58.7 Å². The Kier molecular flexibility index (Phi) is 20.0. The number of unbranched alkanes of at least 4 members (excludes halogenated alkanes) is 1. The molecule has 0 radical (unpaired) electrons. The van der Waals surface area contributed by atoms with E-state index in [0.29, 0.717) is 13.1 Å². The second kappa shape index (κ2) is 23.3. The Bertz CT molecular complexity index is 1150. The highest BCUT2D eigenvalue weighted by Crippen LogP contribution is 2.30. The molecule has 0 bridgehead atoms. The molecule has 0 aromatic heterocycles. The van der Waals surface area contributed by atoms with Gasteiger partial charge >= 0.3 is 0 Å². The fourth-order valence-electron chi connectivity index (χ4n) is 7.71. The molecular weight excluding hydrogens is 756 g/mol. The summed E-state index contributed by atoms with van der Waals surface area (Å²) in [5.41, 5.74) is 48.5. The Balaban J connectivity index is 1.12. The average Bonchev–Trinajstić information content (AvgIpc) is 3.17. The summed E-state index contributed by atoms with van der Waals surface area (Å²) in [5, 5.41) is 80.0. The standard InChI is InChI=1S/C34H72N10O13/c35-8-22-21(47)7-20(41)33(54-22)56-29-18(39)5-16(37)25(48)31(29)52-12-14(45)10-43-3-1-2-4-44-11-15(46)13-53-32-26(49)17(38)6-19(40)30(32)57-34-24(42)28(51)27(50)23(9-36)55-34/h14-34,43-51H,1-13,35-42H2/t14-,15+,16-,17-,18+,19+,20-,21+,22-,23-,24-,25+,26+,27-,28-,29-,30-,31-,32-,33-,34-/m1/s1. The lowest BCUT2D eigenvalue weighted by Gasteiger charge is -2.47. The first-order valence-electron chi connectivity index (χ1n) is 20.0. The van der Waals surface area contributed by atoms with Gasteiger partial charge in [0.2, 0.25) is 0 Å². The smallest absolute Gasteiger partial charge is 0.176 e. The highest BCUT2D eigenvalue weighted by Gasteiger charge is 2.50. The van der Waals surface area contributed by atoms with Crippen LogP contribution >= 0.6 is 0 Å². The third-order valence-corrected chi connectivity index (χ3v) is 11.2. The first-order valence-corrected chi connectivity index (χ1v) is 20.0. The lowest BCUT2D eigenvalue weighted by Crippen LogP contribution is -2.68. The maximum atomic E-state index is 10.9. The van der Waals surface area contributed by atoms with Crippen molar-refractivity contribution in [3.8, 4) is 0 Å². The predicted octanol–water partition coefficient (Wildman–Crippen LogP) is -9.46. The molecular formula is C34H72N10O13. The van der Waals surface area contributed by atoms with Gasteiger partial charge in [-0.15, -0.1) is 0 Å². The summed E-state index contributed by atoms with van der Waals surface area (Å²) in [6, 6.07) is -4.48. The van der Waals surface area contributed by atoms with Gasteiger partial charge in [-0.1, -0.05) is 0 Å². The molecule has 57 heavy (non-hydrogen) atoms. The Hall–Kier alpha value is -0.920. The van der Waals surface area contributed by atoms with Crippen molar-refractivity contribution < 1.29 is 64.2 Å². The Labute approximate surface area is 333 Å². The van der Waals surface area contributed by atoms with E-state index in [2.05, 4.69) is 10.6 Å². The molecule has 2 saturated carbocycles. The van der Waals surface area contributed by atoms with Gasteiger partial charge in [-0.05, 0) is 45.2 Å². The number of nitrogens with two attached hydrogens (primary N) is 8. The Morgan fingerprint density at radius 2 is 1.00 bits per heavy atom. The van der Waals surface area contributed by atoms with Crippen molar-refractivity contribution in [2.24, 2.45) is 45.9 Å². The second-order valence-corrected chi connectivity index (χ2v) is 15.9. The van der Waals surface area contributed by atoms with E-state index in [1.54, 1.807) is 0 Å². The largest absolute Gasteiger partial charge is 0.390 e. The molecule has 0 unspecified atom stereocenters. The van der Waals surface area contributed by atoms with Crippen molar-refractivity contribution in [1.29, 1.82) is 0 Å². The molecule has 336 valence electrons. The zero-order valence-corrected chi connectivity index (χ0v) is 32.5. The summed E-state index contributed by atoms with van der Waals surface area (Å²) < 4.78 is 35.4. The third-order valence-electron chi connectivity index (χ3n) is 11.2. The van der Waals surface area contributed by atoms with Gasteiger partial charge in [-0.25, -0.2) is 0 Å². The van der Waals surface area contributed by atoms with Crippen LogP contribution in [0, 0.1) is 0 Å². The topological polar surface area (TPSA) is 429 Å². The molecule has 23 nitrogen and oxygen atoms in total. The maximum absolute atomic E-state index is 10.9. The normalized spacial score (nSPS) is 44.2. The van der Waals surface area contributed by atoms with Crippen LogP contribution in [-0.4, -0.2) is 216 Å². The second-order valence-electron chi connectivity index (χ2n) is 15.9. The van der Waals surface area contributed by atoms with Crippen LogP contribution in [0.15, 0.2) is 0 Å². The molecule has 0 aromatic rings. The van der Waals surface area contributed by atoms with Crippen molar-refractivity contribution in [3.63, 3.8) is 0 Å². The van der Waals surface area contributed by atoms with E-state index in [1.807, 2.05) is 0 Å². The van der Waals surface area contributed by atoms with Crippen LogP contribution in [0.4, 0.5) is 0 Å². The number of ether oxygens (including phenoxy) is 6. The van der Waals surface area contributed by atoms with Gasteiger partial charge in [0, 0.05) is 50.3 Å². The minimum atomic E-state index is -1.37. The van der Waals surface area contributed by atoms with Crippen molar-refractivity contribution >= 4 is 0 Å². The van der Waals surface area contributed by atoms with Crippen LogP contribution in [0.3, 0.4) is 0 Å². The summed E-state index contributed by atoms with van der Waals surface area (Å²) in [6.07, 6.45) is -13.1. The first-order chi connectivity index (χ1) is 27.1. The van der Waals surface area contributed by atoms with Crippen LogP contribution in [0.5, 0.6) is 0 Å². The van der Waals surface area contributed by atoms with Gasteiger partial charge in [-0.3, -0.25) is 0 Å². The number of rotatable bonds is 21. The fourth-order valence-corrected chi connectivity index (χ4v) is 7.71. The van der Waals surface area contributed by atoms with E-state index >= 15 is 0 Å². The zero-order chi connectivity index (χ0) is 42.0. The maximum Gasteiger partial charge on any atom is 0.176 e. The highest BCUT2D eigenvalue weighted by molar-refractivity contribution is 5.01. The van der Waals surface area contributed by atoms with Gasteiger partial charge in [0.15, 0.2) is 12.6 Å². The van der Waals surface area contributed by atoms with Crippen molar-refractivity contribution in [1.82, 2.24) is 10.6 Å². The average molecular weight is 829 g/mol. The SMILES string of the molecule is NC[C@H]1O[C@H](O[C@H]2[C@H](OC[C@@H](O)CNCCCCNC[C@@H](O)CO[C@@H]3[C@@H](O)[C@H](N)C[C@H](N)[C@H]3O[C@H]3O[C@H](CN)[C@@H](O)C[C@H]3N)[C@@H](O)[C@H](N)C[C@@H]2N)[C@H](N)[C@@H](O)[C@@H]1O. The quantitative estimate of drug-likeness (QED) is 0.0478. The van der Waals surface area contributed by atoms with Crippen LogP contribution in [0.2, 0.25) is 0 Å². The van der Waals surface area contributed by atoms with Gasteiger partial charge < -0.3 is 121 Å². The molecule has 25 N–H and O–H groups in total. The van der Waals surface area contributed by atoms with Crippen LogP contribution in [0.25, 0.3) is 0 Å². The third kappa shape index (κ3) is 13.3. The van der Waals surface area contributed by atoms with Crippen molar-refractivity contribution in [3.05, 3.63) is 0 Å². The number of aliphatic hydroxyl groups is 7. The van der Waals surface area contributed by atoms with Crippen LogP contribution < -0.4 is 56.5 Å². The fraction of sp³-hybridized carbons (Fsp3) is 1.00. The van der Waals surface area contributed by atoms with Crippen molar-refractivity contribution in [2.45, 2.75) is 160 Å². The summed E-state index contributed by atoms with van der Waals surface area (Å²) in [4.78, 5) is 0. The first kappa shape index (κ1) is 48.7. The molecule has 2 aliphatic heterocycles. The molecule has 23 heteroatoms. The van der Waals surface area contributed by atoms with Gasteiger partial charge in [-0.2, -0.15) is 0 Å². The molecule has 0 aromatic carbocycles. The lowest BCUT2D eigenvalue weighted by atomic mass is 9.84. The minimum absolute atomic E-state index is 0.0663. The summed E-state index contributed by atoms with van der Waals surface area (Å²) in [7, 11) is 0. The van der Waals surface area contributed by atoms with Gasteiger partial charge in [0.1, 0.15) is 42.7 Å². The predicted molar refractivity (Wildman–Crippen MR) is 203 cm³/mol. The number of hydrogen-bond acceptors (Lipinski definition) is 23. The Morgan fingerprint density at radius 1 is 0.544 bits per heavy atom. The zero-order valence-electron chi connectivity index (χ0n) is 32.5. The summed E-state index contributed by atoms with van der Waals surface area (Å²) >= 11 is 0. The molecule has 4 fully saturated rings. The van der Waals surface area contributed by atoms with Crippen molar-refractivity contribution in [2.75, 3.05) is 52.5 Å². The van der Waals surface area contributed by atoms with Gasteiger partial charge in [0.25, 0.3) is 0 Å². The molecule has 4 rings (SSSR count). The molecule has 21 atom stereocenters. The monoisotopic (exact) mass is 829 g/mol. The molecule has 2 saturated heterocycles. The van der Waals surface area contributed by atoms with E-state index in [1.165, 1.54) is 0 Å². The van der Waals surface area contributed by atoms with E-state index in [9.17, 15) is 35.7 Å². The number of aliphatic hydroxyl groups excluding tert-OH is 7. The molecule has 0 amide bonds. The molecule has 0 spiro atoms. The molecule has 4 aliphatic rings. The van der Waals surface area contributed by atoms with Crippen LogP contribution in [0.1, 0.15) is 32.1 Å². The summed E-state index contributed by atoms with van der Waals surface area (Å²) in [6.45, 7) is 1.22. The number of nitrogens with one attached hydrogen (secondary N) is 2. The highest BCUT2D eigenvalue weighted by atomic mass is 16.7. The molecule has 2 heterocycles. The Morgan fingerprint density at radius 3 is 1.47 bits per heavy atom.